The van der Waals surface area contributed by atoms with E-state index in [4.69, 9.17) is 0 Å². The number of carbonyl (C=O) groups is 1. The van der Waals surface area contributed by atoms with Gasteiger partial charge in [-0.3, -0.25) is 14.3 Å². The summed E-state index contributed by atoms with van der Waals surface area (Å²) < 4.78 is 11.0. The van der Waals surface area contributed by atoms with Gasteiger partial charge in [0.1, 0.15) is 6.04 Å². The van der Waals surface area contributed by atoms with Crippen molar-refractivity contribution in [2.45, 2.75) is 12.5 Å². The smallest absolute Gasteiger partial charge is 0.245 e. The van der Waals surface area contributed by atoms with Crippen LogP contribution in [0.25, 0.3) is 0 Å². The molecule has 1 fully saturated rings. The van der Waals surface area contributed by atoms with Crippen LogP contribution in [0.2, 0.25) is 0 Å². The van der Waals surface area contributed by atoms with Gasteiger partial charge in [-0.05, 0) is 12.0 Å². The second-order valence-corrected chi connectivity index (χ2v) is 5.99. The van der Waals surface area contributed by atoms with Gasteiger partial charge in [0.25, 0.3) is 0 Å². The fourth-order valence-electron chi connectivity index (χ4n) is 2.10. The van der Waals surface area contributed by atoms with Crippen molar-refractivity contribution in [3.63, 3.8) is 0 Å². The Hall–Kier alpha value is -1.20. The number of carbonyl (C=O) groups excluding carboxylic acids is 1. The number of benzene rings is 1. The van der Waals surface area contributed by atoms with Gasteiger partial charge in [-0.2, -0.15) is 0 Å². The van der Waals surface area contributed by atoms with Gasteiger partial charge < -0.3 is 4.90 Å². The van der Waals surface area contributed by atoms with Crippen molar-refractivity contribution in [3.05, 3.63) is 35.9 Å². The van der Waals surface area contributed by atoms with Gasteiger partial charge in [0.2, 0.25) is 5.91 Å². The fourth-order valence-corrected chi connectivity index (χ4v) is 2.64. The summed E-state index contributed by atoms with van der Waals surface area (Å²) >= 11 is 0. The molecule has 1 saturated heterocycles. The summed E-state index contributed by atoms with van der Waals surface area (Å²) in [4.78, 5) is 14.0. The zero-order valence-corrected chi connectivity index (χ0v) is 11.3. The zero-order valence-electron chi connectivity index (χ0n) is 10.5. The molecule has 1 aromatic rings. The maximum Gasteiger partial charge on any atom is 0.245 e. The first kappa shape index (κ1) is 13.2. The number of nitrogens with one attached hydrogen (secondary N) is 1. The minimum Gasteiger partial charge on any atom is -0.328 e. The topological polar surface area (TPSA) is 49.4 Å². The van der Waals surface area contributed by atoms with Gasteiger partial charge in [-0.15, -0.1) is 0 Å². The average molecular weight is 266 g/mol. The average Bonchev–Trinajstić information content (AvgIpc) is 2.72. The fraction of sp³-hybridized carbons (Fsp3) is 0.462. The number of hydrogen-bond donors (Lipinski definition) is 1. The van der Waals surface area contributed by atoms with Crippen LogP contribution in [-0.4, -0.2) is 40.2 Å². The second kappa shape index (κ2) is 6.11. The van der Waals surface area contributed by atoms with Crippen molar-refractivity contribution in [1.82, 2.24) is 10.2 Å². The second-order valence-electron chi connectivity index (χ2n) is 4.44. The Morgan fingerprint density at radius 2 is 2.11 bits per heavy atom. The van der Waals surface area contributed by atoms with Gasteiger partial charge in [-0.1, -0.05) is 30.3 Å². The summed E-state index contributed by atoms with van der Waals surface area (Å²) in [5.41, 5.74) is 1.00. The van der Waals surface area contributed by atoms with E-state index in [1.54, 1.807) is 11.2 Å². The SMILES string of the molecule is CS(=O)CCCN1CNC(c2ccccc2)C1=O. The third-order valence-corrected chi connectivity index (χ3v) is 3.90. The largest absolute Gasteiger partial charge is 0.328 e. The van der Waals surface area contributed by atoms with Gasteiger partial charge >= 0.3 is 0 Å². The maximum absolute atomic E-state index is 12.2. The molecule has 4 nitrogen and oxygen atoms in total. The molecule has 1 aliphatic rings. The molecule has 0 aromatic heterocycles. The lowest BCUT2D eigenvalue weighted by molar-refractivity contribution is -0.129. The third kappa shape index (κ3) is 3.17. The predicted molar refractivity (Wildman–Crippen MR) is 72.4 cm³/mol. The molecular weight excluding hydrogens is 248 g/mol. The molecule has 18 heavy (non-hydrogen) atoms. The van der Waals surface area contributed by atoms with E-state index < -0.39 is 10.8 Å². The quantitative estimate of drug-likeness (QED) is 0.861. The Kier molecular flexibility index (Phi) is 4.49. The highest BCUT2D eigenvalue weighted by atomic mass is 32.2. The summed E-state index contributed by atoms with van der Waals surface area (Å²) in [6.07, 6.45) is 2.48. The highest BCUT2D eigenvalue weighted by molar-refractivity contribution is 7.84. The van der Waals surface area contributed by atoms with Gasteiger partial charge in [0.05, 0.1) is 6.67 Å². The van der Waals surface area contributed by atoms with E-state index in [1.165, 1.54) is 0 Å². The van der Waals surface area contributed by atoms with Crippen molar-refractivity contribution >= 4 is 16.7 Å². The summed E-state index contributed by atoms with van der Waals surface area (Å²) in [6, 6.07) is 9.51. The first-order valence-corrected chi connectivity index (χ1v) is 7.78. The molecule has 1 aliphatic heterocycles. The first-order valence-electron chi connectivity index (χ1n) is 6.05. The Morgan fingerprint density at radius 3 is 2.78 bits per heavy atom. The van der Waals surface area contributed by atoms with Crippen LogP contribution in [0, 0.1) is 0 Å². The summed E-state index contributed by atoms with van der Waals surface area (Å²) in [5, 5.41) is 3.21. The lowest BCUT2D eigenvalue weighted by Gasteiger charge is -2.14. The molecule has 0 bridgehead atoms. The van der Waals surface area contributed by atoms with E-state index >= 15 is 0 Å². The molecule has 1 N–H and O–H groups in total. The van der Waals surface area contributed by atoms with E-state index in [2.05, 4.69) is 5.32 Å². The van der Waals surface area contributed by atoms with Crippen molar-refractivity contribution < 1.29 is 9.00 Å². The lowest BCUT2D eigenvalue weighted by atomic mass is 10.1. The Balaban J connectivity index is 1.91. The summed E-state index contributed by atoms with van der Waals surface area (Å²) in [7, 11) is -0.780. The number of hydrogen-bond acceptors (Lipinski definition) is 3. The van der Waals surface area contributed by atoms with Crippen molar-refractivity contribution in [2.24, 2.45) is 0 Å². The molecule has 2 atom stereocenters. The zero-order chi connectivity index (χ0) is 13.0. The van der Waals surface area contributed by atoms with Crippen LogP contribution in [0.5, 0.6) is 0 Å². The van der Waals surface area contributed by atoms with Gasteiger partial charge in [0.15, 0.2) is 0 Å². The minimum atomic E-state index is -0.780. The standard InChI is InChI=1S/C13H18N2O2S/c1-18(17)9-5-8-15-10-14-12(13(15)16)11-6-3-2-4-7-11/h2-4,6-7,12,14H,5,8-10H2,1H3. The molecule has 0 spiro atoms. The van der Waals surface area contributed by atoms with Crippen LogP contribution in [0.1, 0.15) is 18.0 Å². The van der Waals surface area contributed by atoms with Crippen LogP contribution < -0.4 is 5.32 Å². The monoisotopic (exact) mass is 266 g/mol. The third-order valence-electron chi connectivity index (χ3n) is 3.04. The number of rotatable bonds is 5. The van der Waals surface area contributed by atoms with Crippen LogP contribution in [-0.2, 0) is 15.6 Å². The van der Waals surface area contributed by atoms with Crippen molar-refractivity contribution in [2.75, 3.05) is 25.2 Å². The molecule has 2 unspecified atom stereocenters. The summed E-state index contributed by atoms with van der Waals surface area (Å²) in [5.74, 6) is 0.767. The molecule has 98 valence electrons. The van der Waals surface area contributed by atoms with E-state index in [0.717, 1.165) is 12.0 Å². The molecule has 1 heterocycles. The normalized spacial score (nSPS) is 21.3. The Bertz CT molecular complexity index is 436. The maximum atomic E-state index is 12.2. The van der Waals surface area contributed by atoms with Crippen molar-refractivity contribution in [3.8, 4) is 0 Å². The highest BCUT2D eigenvalue weighted by Gasteiger charge is 2.31. The van der Waals surface area contributed by atoms with E-state index in [9.17, 15) is 9.00 Å². The van der Waals surface area contributed by atoms with E-state index in [0.29, 0.717) is 19.0 Å². The molecule has 0 radical (unpaired) electrons. The van der Waals surface area contributed by atoms with Crippen molar-refractivity contribution in [1.29, 1.82) is 0 Å². The van der Waals surface area contributed by atoms with Crippen LogP contribution in [0.3, 0.4) is 0 Å². The molecule has 0 saturated carbocycles. The predicted octanol–water partition coefficient (Wildman–Crippen LogP) is 0.886. The highest BCUT2D eigenvalue weighted by Crippen LogP contribution is 2.20. The Labute approximate surface area is 110 Å². The van der Waals surface area contributed by atoms with E-state index in [-0.39, 0.29) is 11.9 Å². The number of amides is 1. The van der Waals surface area contributed by atoms with E-state index in [1.807, 2.05) is 30.3 Å². The molecule has 2 rings (SSSR count). The van der Waals surface area contributed by atoms with Crippen LogP contribution in [0.15, 0.2) is 30.3 Å². The number of nitrogens with zero attached hydrogens (tertiary/aromatic N) is 1. The first-order chi connectivity index (χ1) is 8.68. The van der Waals surface area contributed by atoms with Gasteiger partial charge in [0, 0.05) is 29.4 Å². The van der Waals surface area contributed by atoms with Gasteiger partial charge in [-0.25, -0.2) is 0 Å². The molecular formula is C13H18N2O2S. The Morgan fingerprint density at radius 1 is 1.39 bits per heavy atom. The van der Waals surface area contributed by atoms with Crippen LogP contribution >= 0.6 is 0 Å². The minimum absolute atomic E-state index is 0.114. The lowest BCUT2D eigenvalue weighted by Crippen LogP contribution is -2.28. The summed E-state index contributed by atoms with van der Waals surface area (Å²) in [6.45, 7) is 1.25. The van der Waals surface area contributed by atoms with Crippen LogP contribution in [0.4, 0.5) is 0 Å². The molecule has 1 aromatic carbocycles. The molecule has 0 aliphatic carbocycles. The molecule has 1 amide bonds. The molecule has 5 heteroatoms.